The van der Waals surface area contributed by atoms with Crippen molar-refractivity contribution in [2.24, 2.45) is 0 Å². The molecule has 0 fully saturated rings. The zero-order chi connectivity index (χ0) is 21.9. The van der Waals surface area contributed by atoms with Gasteiger partial charge in [-0.25, -0.2) is 14.5 Å². The molecule has 0 bridgehead atoms. The van der Waals surface area contributed by atoms with Crippen LogP contribution in [-0.2, 0) is 12.2 Å². The molecule has 8 heteroatoms. The lowest BCUT2D eigenvalue weighted by Gasteiger charge is -2.12. The fraction of sp³-hybridized carbons (Fsp3) is 0.125. The van der Waals surface area contributed by atoms with Gasteiger partial charge in [0.15, 0.2) is 11.0 Å². The first-order chi connectivity index (χ1) is 15.7. The number of nitrogens with zero attached hydrogens (tertiary/aromatic N) is 5. The maximum Gasteiger partial charge on any atom is 0.267 e. The molecule has 5 aromatic rings. The van der Waals surface area contributed by atoms with Crippen molar-refractivity contribution in [1.29, 1.82) is 0 Å². The number of hydrogen-bond donors (Lipinski definition) is 0. The van der Waals surface area contributed by atoms with Crippen LogP contribution in [0.3, 0.4) is 0 Å². The molecule has 0 amide bonds. The van der Waals surface area contributed by atoms with Crippen LogP contribution < -0.4 is 5.56 Å². The van der Waals surface area contributed by atoms with E-state index in [1.165, 1.54) is 11.8 Å². The van der Waals surface area contributed by atoms with Crippen molar-refractivity contribution in [1.82, 2.24) is 24.7 Å². The van der Waals surface area contributed by atoms with Gasteiger partial charge < -0.3 is 4.52 Å². The molecule has 2 aromatic carbocycles. The van der Waals surface area contributed by atoms with Gasteiger partial charge in [-0.3, -0.25) is 4.79 Å². The Bertz CT molecular complexity index is 1450. The first kappa shape index (κ1) is 20.1. The van der Waals surface area contributed by atoms with E-state index in [4.69, 9.17) is 9.51 Å². The van der Waals surface area contributed by atoms with E-state index in [2.05, 4.69) is 15.1 Å². The molecule has 0 N–H and O–H groups in total. The van der Waals surface area contributed by atoms with Crippen LogP contribution in [0.2, 0.25) is 0 Å². The van der Waals surface area contributed by atoms with Gasteiger partial charge in [0.05, 0.1) is 16.7 Å². The Balaban J connectivity index is 1.46. The van der Waals surface area contributed by atoms with E-state index in [1.807, 2.05) is 67.6 Å². The van der Waals surface area contributed by atoms with E-state index < -0.39 is 0 Å². The average Bonchev–Trinajstić information content (AvgIpc) is 3.26. The Morgan fingerprint density at radius 1 is 1.00 bits per heavy atom. The van der Waals surface area contributed by atoms with E-state index in [0.717, 1.165) is 11.1 Å². The highest BCUT2D eigenvalue weighted by Crippen LogP contribution is 2.24. The van der Waals surface area contributed by atoms with E-state index >= 15 is 0 Å². The molecule has 5 rings (SSSR count). The summed E-state index contributed by atoms with van der Waals surface area (Å²) in [5.74, 6) is 2.02. The van der Waals surface area contributed by atoms with E-state index in [1.54, 1.807) is 16.8 Å². The summed E-state index contributed by atoms with van der Waals surface area (Å²) in [6.45, 7) is 1.96. The summed E-state index contributed by atoms with van der Waals surface area (Å²) in [7, 11) is 0. The minimum absolute atomic E-state index is 0.161. The molecule has 0 aliphatic heterocycles. The van der Waals surface area contributed by atoms with Crippen LogP contribution in [0, 0.1) is 6.92 Å². The van der Waals surface area contributed by atoms with Gasteiger partial charge in [-0.1, -0.05) is 59.4 Å². The Morgan fingerprint density at radius 2 is 1.81 bits per heavy atom. The molecular formula is C24H19N5O2S. The van der Waals surface area contributed by atoms with Crippen molar-refractivity contribution in [3.8, 4) is 5.82 Å². The quantitative estimate of drug-likeness (QED) is 0.286. The molecule has 32 heavy (non-hydrogen) atoms. The number of aryl methyl sites for hydroxylation is 1. The second kappa shape index (κ2) is 8.76. The van der Waals surface area contributed by atoms with Crippen LogP contribution in [0.25, 0.3) is 16.7 Å². The molecule has 0 aliphatic carbocycles. The number of fused-ring (bicyclic) bond motifs is 1. The van der Waals surface area contributed by atoms with Crippen molar-refractivity contribution in [3.63, 3.8) is 0 Å². The summed E-state index contributed by atoms with van der Waals surface area (Å²) in [4.78, 5) is 26.9. The summed E-state index contributed by atoms with van der Waals surface area (Å²) < 4.78 is 6.97. The van der Waals surface area contributed by atoms with Crippen LogP contribution in [0.15, 0.2) is 87.4 Å². The van der Waals surface area contributed by atoms with Gasteiger partial charge in [0.2, 0.25) is 5.89 Å². The highest BCUT2D eigenvalue weighted by atomic mass is 32.2. The molecule has 0 radical (unpaired) electrons. The Morgan fingerprint density at radius 3 is 2.66 bits per heavy atom. The number of thioether (sulfide) groups is 1. The van der Waals surface area contributed by atoms with Crippen LogP contribution in [0.5, 0.6) is 0 Å². The summed E-state index contributed by atoms with van der Waals surface area (Å²) >= 11 is 1.37. The van der Waals surface area contributed by atoms with Crippen LogP contribution >= 0.6 is 11.8 Å². The number of benzene rings is 2. The van der Waals surface area contributed by atoms with Crippen LogP contribution in [0.1, 0.15) is 22.8 Å². The van der Waals surface area contributed by atoms with E-state index in [-0.39, 0.29) is 5.56 Å². The number of hydrogen-bond acceptors (Lipinski definition) is 7. The predicted octanol–water partition coefficient (Wildman–Crippen LogP) is 4.36. The number of para-hydroxylation sites is 1. The van der Waals surface area contributed by atoms with Gasteiger partial charge in [-0.15, -0.1) is 0 Å². The fourth-order valence-electron chi connectivity index (χ4n) is 3.38. The van der Waals surface area contributed by atoms with Gasteiger partial charge in [-0.2, -0.15) is 4.98 Å². The first-order valence-electron chi connectivity index (χ1n) is 10.1. The minimum Gasteiger partial charge on any atom is -0.338 e. The zero-order valence-corrected chi connectivity index (χ0v) is 18.1. The summed E-state index contributed by atoms with van der Waals surface area (Å²) in [6, 6.07) is 21.1. The van der Waals surface area contributed by atoms with Crippen LogP contribution in [-0.4, -0.2) is 24.7 Å². The maximum atomic E-state index is 13.3. The topological polar surface area (TPSA) is 86.7 Å². The highest BCUT2D eigenvalue weighted by Gasteiger charge is 2.16. The van der Waals surface area contributed by atoms with Gasteiger partial charge in [-0.05, 0) is 42.3 Å². The molecule has 0 aliphatic rings. The molecule has 0 atom stereocenters. The van der Waals surface area contributed by atoms with Crippen LogP contribution in [0.4, 0.5) is 0 Å². The maximum absolute atomic E-state index is 13.3. The largest absolute Gasteiger partial charge is 0.338 e. The van der Waals surface area contributed by atoms with E-state index in [0.29, 0.717) is 45.8 Å². The van der Waals surface area contributed by atoms with E-state index in [9.17, 15) is 4.79 Å². The Hall–Kier alpha value is -3.78. The van der Waals surface area contributed by atoms with Crippen molar-refractivity contribution < 1.29 is 4.52 Å². The lowest BCUT2D eigenvalue weighted by atomic mass is 10.1. The first-order valence-corrected chi connectivity index (χ1v) is 11.1. The summed E-state index contributed by atoms with van der Waals surface area (Å²) in [5.41, 5.74) is 2.60. The van der Waals surface area contributed by atoms with Gasteiger partial charge >= 0.3 is 0 Å². The van der Waals surface area contributed by atoms with Gasteiger partial charge in [0.1, 0.15) is 5.82 Å². The lowest BCUT2D eigenvalue weighted by Crippen LogP contribution is -2.22. The standard InChI is InChI=1S/C24H19N5O2S/c1-16-11-12-25-21(13-16)29-23(30)18-9-5-6-10-19(18)26-24(29)32-15-22-27-20(28-31-22)14-17-7-3-2-4-8-17/h2-13H,14-15H2,1H3. The average molecular weight is 442 g/mol. The van der Waals surface area contributed by atoms with Crippen molar-refractivity contribution in [3.05, 3.63) is 106 Å². The smallest absolute Gasteiger partial charge is 0.267 e. The molecule has 0 unspecified atom stereocenters. The Kier molecular flexibility index (Phi) is 5.51. The summed E-state index contributed by atoms with van der Waals surface area (Å²) in [6.07, 6.45) is 2.29. The molecule has 0 spiro atoms. The summed E-state index contributed by atoms with van der Waals surface area (Å²) in [5, 5.41) is 5.15. The molecule has 7 nitrogen and oxygen atoms in total. The molecular weight excluding hydrogens is 422 g/mol. The van der Waals surface area contributed by atoms with Gasteiger partial charge in [0, 0.05) is 12.6 Å². The Labute approximate surface area is 188 Å². The number of aromatic nitrogens is 5. The second-order valence-electron chi connectivity index (χ2n) is 7.30. The third-order valence-electron chi connectivity index (χ3n) is 4.91. The van der Waals surface area contributed by atoms with Crippen molar-refractivity contribution in [2.45, 2.75) is 24.3 Å². The van der Waals surface area contributed by atoms with Gasteiger partial charge in [0.25, 0.3) is 5.56 Å². The zero-order valence-electron chi connectivity index (χ0n) is 17.3. The lowest BCUT2D eigenvalue weighted by molar-refractivity contribution is 0.385. The third kappa shape index (κ3) is 4.17. The molecule has 0 saturated carbocycles. The molecule has 0 saturated heterocycles. The predicted molar refractivity (Wildman–Crippen MR) is 123 cm³/mol. The van der Waals surface area contributed by atoms with Crippen molar-refractivity contribution in [2.75, 3.05) is 0 Å². The molecule has 3 aromatic heterocycles. The molecule has 158 valence electrons. The second-order valence-corrected chi connectivity index (χ2v) is 8.24. The number of rotatable bonds is 6. The SMILES string of the molecule is Cc1ccnc(-n2c(SCc3nc(Cc4ccccc4)no3)nc3ccccc3c2=O)c1. The highest BCUT2D eigenvalue weighted by molar-refractivity contribution is 7.98. The fourth-order valence-corrected chi connectivity index (χ4v) is 4.22. The number of pyridine rings is 1. The normalized spacial score (nSPS) is 11.2. The third-order valence-corrected chi connectivity index (χ3v) is 5.84. The minimum atomic E-state index is -0.161. The monoisotopic (exact) mass is 441 g/mol. The van der Waals surface area contributed by atoms with Crippen molar-refractivity contribution >= 4 is 22.7 Å². The molecule has 3 heterocycles.